The van der Waals surface area contributed by atoms with Crippen LogP contribution in [-0.4, -0.2) is 10.7 Å². The third kappa shape index (κ3) is 8.28. The van der Waals surface area contributed by atoms with Gasteiger partial charge in [-0.1, -0.05) is 109 Å². The summed E-state index contributed by atoms with van der Waals surface area (Å²) in [5.74, 6) is 0.726. The summed E-state index contributed by atoms with van der Waals surface area (Å²) in [5.41, 5.74) is 3.85. The van der Waals surface area contributed by atoms with E-state index < -0.39 is 0 Å². The fraction of sp³-hybridized carbons (Fsp3) is 0.407. The zero-order valence-corrected chi connectivity index (χ0v) is 20.9. The fourth-order valence-corrected chi connectivity index (χ4v) is 2.87. The molecule has 0 unspecified atom stereocenters. The minimum absolute atomic E-state index is 0.713. The number of aromatic nitrogens is 1. The van der Waals surface area contributed by atoms with Crippen molar-refractivity contribution >= 4 is 40.3 Å². The number of nitrogens with zero attached hydrogens (tertiary/aromatic N) is 2. The van der Waals surface area contributed by atoms with Crippen LogP contribution >= 0.6 is 11.6 Å². The van der Waals surface area contributed by atoms with Crippen LogP contribution in [0.25, 0.3) is 17.2 Å². The number of fused-ring (bicyclic) bond motifs is 1. The third-order valence-corrected chi connectivity index (χ3v) is 4.26. The first-order valence-corrected chi connectivity index (χ1v) is 11.4. The summed E-state index contributed by atoms with van der Waals surface area (Å²) >= 11 is 6.54. The van der Waals surface area contributed by atoms with Gasteiger partial charge in [-0.2, -0.15) is 0 Å². The van der Waals surface area contributed by atoms with Crippen molar-refractivity contribution in [1.82, 2.24) is 4.98 Å². The predicted molar refractivity (Wildman–Crippen MR) is 138 cm³/mol. The van der Waals surface area contributed by atoms with E-state index in [2.05, 4.69) is 57.5 Å². The third-order valence-electron chi connectivity index (χ3n) is 3.84. The standard InChI is InChI=1S/C19H17ClN2.2C3H8.C2H6/c1-4-14-11-12(2)19(21-13(14)3)22-17-10-9-15-7-5-6-8-16(15)18(17)20;2*1-3-2;1-2/h4-9,11H,1,10H2,2-3H3;2*3H2,1-2H3;1-2H3. The summed E-state index contributed by atoms with van der Waals surface area (Å²) in [6, 6.07) is 10.2. The Morgan fingerprint density at radius 3 is 2.20 bits per heavy atom. The highest BCUT2D eigenvalue weighted by molar-refractivity contribution is 6.62. The van der Waals surface area contributed by atoms with Gasteiger partial charge in [-0.25, -0.2) is 9.98 Å². The number of aliphatic imine (C=N–C) groups is 1. The summed E-state index contributed by atoms with van der Waals surface area (Å²) < 4.78 is 0. The number of rotatable bonds is 2. The van der Waals surface area contributed by atoms with E-state index in [1.807, 2.05) is 52.0 Å². The second kappa shape index (κ2) is 15.6. The molecule has 0 atom stereocenters. The lowest BCUT2D eigenvalue weighted by molar-refractivity contribution is 1.09. The van der Waals surface area contributed by atoms with E-state index >= 15 is 0 Å². The van der Waals surface area contributed by atoms with Gasteiger partial charge in [-0.3, -0.25) is 0 Å². The monoisotopic (exact) mass is 426 g/mol. The fourth-order valence-electron chi connectivity index (χ4n) is 2.58. The Balaban J connectivity index is 0.000000923. The maximum Gasteiger partial charge on any atom is 0.155 e. The van der Waals surface area contributed by atoms with Gasteiger partial charge in [0, 0.05) is 17.3 Å². The number of hydrogen-bond donors (Lipinski definition) is 0. The zero-order chi connectivity index (χ0) is 23.1. The zero-order valence-electron chi connectivity index (χ0n) is 20.1. The van der Waals surface area contributed by atoms with Crippen LogP contribution in [0.2, 0.25) is 0 Å². The molecule has 0 fully saturated rings. The first-order valence-electron chi connectivity index (χ1n) is 11.1. The molecule has 1 aromatic heterocycles. The maximum absolute atomic E-state index is 6.54. The lowest BCUT2D eigenvalue weighted by Gasteiger charge is -2.10. The molecule has 164 valence electrons. The summed E-state index contributed by atoms with van der Waals surface area (Å²) in [7, 11) is 0. The van der Waals surface area contributed by atoms with Crippen molar-refractivity contribution in [2.24, 2.45) is 4.99 Å². The summed E-state index contributed by atoms with van der Waals surface area (Å²) in [5, 5.41) is 2.91. The molecule has 1 aromatic carbocycles. The normalized spacial score (nSPS) is 12.7. The van der Waals surface area contributed by atoms with Crippen LogP contribution in [0.4, 0.5) is 5.82 Å². The molecule has 1 aliphatic rings. The predicted octanol–water partition coefficient (Wildman–Crippen LogP) is 7.50. The molecule has 0 spiro atoms. The quantitative estimate of drug-likeness (QED) is 0.487. The van der Waals surface area contributed by atoms with Gasteiger partial charge in [0.05, 0.1) is 10.7 Å². The van der Waals surface area contributed by atoms with Crippen molar-refractivity contribution in [2.45, 2.75) is 74.7 Å². The van der Waals surface area contributed by atoms with Gasteiger partial charge >= 0.3 is 0 Å². The number of aryl methyl sites for hydroxylation is 2. The average molecular weight is 427 g/mol. The van der Waals surface area contributed by atoms with E-state index in [1.165, 1.54) is 12.8 Å². The lowest BCUT2D eigenvalue weighted by atomic mass is 10.1. The molecular weight excluding hydrogens is 388 g/mol. The molecular formula is C27H39ClN2. The molecule has 2 nitrogen and oxygen atoms in total. The number of benzene rings is 1. The first kappa shape index (κ1) is 27.8. The lowest BCUT2D eigenvalue weighted by Crippen LogP contribution is -2.31. The van der Waals surface area contributed by atoms with Gasteiger partial charge in [0.2, 0.25) is 0 Å². The van der Waals surface area contributed by atoms with Gasteiger partial charge in [-0.15, -0.1) is 0 Å². The average Bonchev–Trinajstić information content (AvgIpc) is 2.75. The molecule has 3 heteroatoms. The molecule has 1 heterocycles. The van der Waals surface area contributed by atoms with Crippen molar-refractivity contribution in [1.29, 1.82) is 0 Å². The smallest absolute Gasteiger partial charge is 0.155 e. The molecule has 0 radical (unpaired) electrons. The van der Waals surface area contributed by atoms with E-state index in [1.54, 1.807) is 0 Å². The van der Waals surface area contributed by atoms with E-state index in [0.717, 1.165) is 45.2 Å². The Morgan fingerprint density at radius 1 is 1.07 bits per heavy atom. The van der Waals surface area contributed by atoms with Crippen molar-refractivity contribution in [2.75, 3.05) is 0 Å². The van der Waals surface area contributed by atoms with Gasteiger partial charge in [0.1, 0.15) is 0 Å². The molecule has 30 heavy (non-hydrogen) atoms. The number of halogens is 1. The van der Waals surface area contributed by atoms with Crippen LogP contribution in [0.3, 0.4) is 0 Å². The van der Waals surface area contributed by atoms with Gasteiger partial charge in [0.25, 0.3) is 0 Å². The second-order valence-electron chi connectivity index (χ2n) is 6.79. The summed E-state index contributed by atoms with van der Waals surface area (Å²) in [6.07, 6.45) is 7.19. The molecule has 0 aliphatic heterocycles. The van der Waals surface area contributed by atoms with E-state index in [-0.39, 0.29) is 0 Å². The van der Waals surface area contributed by atoms with Crippen molar-refractivity contribution in [3.63, 3.8) is 0 Å². The van der Waals surface area contributed by atoms with Gasteiger partial charge in [-0.05, 0) is 36.3 Å². The Morgan fingerprint density at radius 2 is 1.63 bits per heavy atom. The summed E-state index contributed by atoms with van der Waals surface area (Å²) in [4.78, 5) is 9.29. The second-order valence-corrected chi connectivity index (χ2v) is 7.17. The highest BCUT2D eigenvalue weighted by Crippen LogP contribution is 2.23. The molecule has 0 saturated carbocycles. The van der Waals surface area contributed by atoms with Crippen LogP contribution in [0.1, 0.15) is 77.6 Å². The van der Waals surface area contributed by atoms with Gasteiger partial charge in [0.15, 0.2) is 5.82 Å². The molecule has 3 rings (SSSR count). The first-order chi connectivity index (χ1) is 14.4. The van der Waals surface area contributed by atoms with Gasteiger partial charge < -0.3 is 0 Å². The van der Waals surface area contributed by atoms with Crippen LogP contribution in [-0.2, 0) is 0 Å². The highest BCUT2D eigenvalue weighted by atomic mass is 35.5. The maximum atomic E-state index is 6.54. The Bertz CT molecular complexity index is 938. The van der Waals surface area contributed by atoms with E-state index in [0.29, 0.717) is 5.03 Å². The van der Waals surface area contributed by atoms with Crippen molar-refractivity contribution < 1.29 is 0 Å². The SMILES string of the molecule is C=Cc1cc(C)c(N=C2CC=c3ccccc3=C2Cl)nc1C.CC.CCC.CCC. The summed E-state index contributed by atoms with van der Waals surface area (Å²) in [6.45, 7) is 20.3. The van der Waals surface area contributed by atoms with Crippen LogP contribution in [0.5, 0.6) is 0 Å². The van der Waals surface area contributed by atoms with Crippen molar-refractivity contribution in [3.8, 4) is 0 Å². The van der Waals surface area contributed by atoms with Crippen LogP contribution in [0.15, 0.2) is 41.9 Å². The largest absolute Gasteiger partial charge is 0.233 e. The molecule has 0 saturated heterocycles. The molecule has 0 bridgehead atoms. The topological polar surface area (TPSA) is 25.2 Å². The molecule has 2 aromatic rings. The van der Waals surface area contributed by atoms with E-state index in [9.17, 15) is 0 Å². The molecule has 0 N–H and O–H groups in total. The molecule has 0 amide bonds. The minimum atomic E-state index is 0.713. The number of pyridine rings is 1. The number of hydrogen-bond acceptors (Lipinski definition) is 2. The van der Waals surface area contributed by atoms with Crippen LogP contribution in [0, 0.1) is 13.8 Å². The Kier molecular flexibility index (Phi) is 14.5. The Labute approximate surface area is 189 Å². The van der Waals surface area contributed by atoms with Crippen LogP contribution < -0.4 is 10.4 Å². The Hall–Kier alpha value is -2.19. The van der Waals surface area contributed by atoms with Crippen molar-refractivity contribution in [3.05, 3.63) is 64.2 Å². The minimum Gasteiger partial charge on any atom is -0.233 e. The van der Waals surface area contributed by atoms with E-state index in [4.69, 9.17) is 16.6 Å². The molecule has 1 aliphatic carbocycles. The highest BCUT2D eigenvalue weighted by Gasteiger charge is 2.11.